The Morgan fingerprint density at radius 3 is 2.33 bits per heavy atom. The van der Waals surface area contributed by atoms with E-state index < -0.39 is 11.1 Å². The Morgan fingerprint density at radius 2 is 1.63 bits per heavy atom. The predicted molar refractivity (Wildman–Crippen MR) is 118 cm³/mol. The summed E-state index contributed by atoms with van der Waals surface area (Å²) in [5, 5.41) is 0.686. The van der Waals surface area contributed by atoms with Crippen LogP contribution in [0.2, 0.25) is 5.02 Å². The first-order chi connectivity index (χ1) is 14.4. The van der Waals surface area contributed by atoms with Crippen LogP contribution in [0.25, 0.3) is 11.0 Å². The molecule has 0 spiro atoms. The van der Waals surface area contributed by atoms with Crippen molar-refractivity contribution in [2.75, 3.05) is 31.1 Å². The molecule has 156 valence electrons. The molecule has 0 aliphatic carbocycles. The zero-order valence-electron chi connectivity index (χ0n) is 17.0. The topological polar surface area (TPSA) is 67.5 Å². The first-order valence-electron chi connectivity index (χ1n) is 9.84. The van der Waals surface area contributed by atoms with Crippen LogP contribution in [0.15, 0.2) is 52.1 Å². The number of aryl methyl sites for hydroxylation is 2. The van der Waals surface area contributed by atoms with Crippen LogP contribution >= 0.6 is 11.6 Å². The maximum atomic E-state index is 12.9. The molecule has 4 rings (SSSR count). The third-order valence-corrected chi connectivity index (χ3v) is 5.94. The molecular weight excluding hydrogens is 404 g/mol. The van der Waals surface area contributed by atoms with Gasteiger partial charge in [-0.25, -0.2) is 0 Å². The van der Waals surface area contributed by atoms with Crippen molar-refractivity contribution in [1.29, 1.82) is 0 Å². The van der Waals surface area contributed by atoms with E-state index in [0.717, 1.165) is 11.3 Å². The molecule has 1 fully saturated rings. The second-order valence-electron chi connectivity index (χ2n) is 7.54. The van der Waals surface area contributed by atoms with E-state index in [1.165, 1.54) is 9.13 Å². The molecule has 0 unspecified atom stereocenters. The van der Waals surface area contributed by atoms with Crippen molar-refractivity contribution in [3.8, 4) is 0 Å². The van der Waals surface area contributed by atoms with Gasteiger partial charge in [-0.05, 0) is 36.8 Å². The number of rotatable bonds is 3. The van der Waals surface area contributed by atoms with Crippen molar-refractivity contribution in [3.05, 3.63) is 73.8 Å². The molecule has 1 saturated heterocycles. The fourth-order valence-electron chi connectivity index (χ4n) is 3.97. The van der Waals surface area contributed by atoms with Crippen LogP contribution in [0, 0.1) is 6.92 Å². The SMILES string of the molecule is Cc1ccc(Cl)cc1N1CCN(C(=O)Cn2c(=O)c(=O)n(C)c3ccccc32)CC1. The Kier molecular flexibility index (Phi) is 5.39. The molecule has 3 aromatic rings. The molecule has 0 radical (unpaired) electrons. The zero-order valence-corrected chi connectivity index (χ0v) is 17.7. The van der Waals surface area contributed by atoms with Crippen molar-refractivity contribution in [1.82, 2.24) is 14.0 Å². The van der Waals surface area contributed by atoms with Gasteiger partial charge in [-0.1, -0.05) is 29.8 Å². The molecule has 0 N–H and O–H groups in total. The largest absolute Gasteiger partial charge is 0.368 e. The summed E-state index contributed by atoms with van der Waals surface area (Å²) in [4.78, 5) is 41.8. The Hall–Kier alpha value is -3.06. The maximum absolute atomic E-state index is 12.9. The number of nitrogens with zero attached hydrogens (tertiary/aromatic N) is 4. The van der Waals surface area contributed by atoms with Gasteiger partial charge >= 0.3 is 11.1 Å². The number of carbonyl (C=O) groups is 1. The number of para-hydroxylation sites is 2. The number of hydrogen-bond donors (Lipinski definition) is 0. The molecule has 30 heavy (non-hydrogen) atoms. The van der Waals surface area contributed by atoms with E-state index >= 15 is 0 Å². The van der Waals surface area contributed by atoms with Crippen LogP contribution < -0.4 is 16.0 Å². The van der Waals surface area contributed by atoms with Gasteiger partial charge in [0.15, 0.2) is 0 Å². The minimum atomic E-state index is -0.683. The Bertz CT molecular complexity index is 1240. The van der Waals surface area contributed by atoms with E-state index in [2.05, 4.69) is 4.90 Å². The van der Waals surface area contributed by atoms with Crippen LogP contribution in [0.5, 0.6) is 0 Å². The second kappa shape index (κ2) is 7.99. The lowest BCUT2D eigenvalue weighted by molar-refractivity contribution is -0.132. The highest BCUT2D eigenvalue weighted by atomic mass is 35.5. The Balaban J connectivity index is 1.53. The number of aromatic nitrogens is 2. The summed E-state index contributed by atoms with van der Waals surface area (Å²) in [5.74, 6) is -0.169. The van der Waals surface area contributed by atoms with Crippen molar-refractivity contribution < 1.29 is 4.79 Å². The number of benzene rings is 2. The molecular formula is C22H23ClN4O3. The number of hydrogen-bond acceptors (Lipinski definition) is 4. The lowest BCUT2D eigenvalue weighted by Gasteiger charge is -2.37. The van der Waals surface area contributed by atoms with E-state index in [1.807, 2.05) is 25.1 Å². The minimum Gasteiger partial charge on any atom is -0.368 e. The average molecular weight is 427 g/mol. The lowest BCUT2D eigenvalue weighted by Crippen LogP contribution is -2.51. The Labute approximate surface area is 178 Å². The number of carbonyl (C=O) groups excluding carboxylic acids is 1. The van der Waals surface area contributed by atoms with Gasteiger partial charge in [0.25, 0.3) is 0 Å². The fourth-order valence-corrected chi connectivity index (χ4v) is 4.13. The molecule has 7 nitrogen and oxygen atoms in total. The molecule has 8 heteroatoms. The van der Waals surface area contributed by atoms with Gasteiger partial charge in [0.05, 0.1) is 11.0 Å². The summed E-state index contributed by atoms with van der Waals surface area (Å²) in [5.41, 5.74) is 2.09. The van der Waals surface area contributed by atoms with Gasteiger partial charge in [0.1, 0.15) is 6.54 Å². The quantitative estimate of drug-likeness (QED) is 0.601. The van der Waals surface area contributed by atoms with Crippen LogP contribution in [-0.2, 0) is 18.4 Å². The van der Waals surface area contributed by atoms with E-state index in [-0.39, 0.29) is 12.5 Å². The van der Waals surface area contributed by atoms with Crippen LogP contribution in [-0.4, -0.2) is 46.1 Å². The number of fused-ring (bicyclic) bond motifs is 1. The first kappa shape index (κ1) is 20.2. The molecule has 0 atom stereocenters. The number of halogens is 1. The summed E-state index contributed by atoms with van der Waals surface area (Å²) in [6.07, 6.45) is 0. The van der Waals surface area contributed by atoms with E-state index in [0.29, 0.717) is 42.2 Å². The number of piperazine rings is 1. The molecule has 2 heterocycles. The Morgan fingerprint density at radius 1 is 0.967 bits per heavy atom. The molecule has 1 amide bonds. The molecule has 2 aromatic carbocycles. The zero-order chi connectivity index (χ0) is 21.4. The summed E-state index contributed by atoms with van der Waals surface area (Å²) >= 11 is 6.14. The smallest absolute Gasteiger partial charge is 0.317 e. The van der Waals surface area contributed by atoms with Gasteiger partial charge in [-0.15, -0.1) is 0 Å². The second-order valence-corrected chi connectivity index (χ2v) is 7.98. The van der Waals surface area contributed by atoms with Gasteiger partial charge < -0.3 is 14.4 Å². The predicted octanol–water partition coefficient (Wildman–Crippen LogP) is 2.01. The van der Waals surface area contributed by atoms with E-state index in [9.17, 15) is 14.4 Å². The molecule has 1 aliphatic heterocycles. The van der Waals surface area contributed by atoms with E-state index in [4.69, 9.17) is 11.6 Å². The molecule has 0 saturated carbocycles. The standard InChI is InChI=1S/C22H23ClN4O3/c1-15-7-8-16(23)13-19(15)25-9-11-26(12-10-25)20(28)14-27-18-6-4-3-5-17(18)24(2)21(29)22(27)30/h3-8,13H,9-12,14H2,1-2H3. The molecule has 0 bridgehead atoms. The highest BCUT2D eigenvalue weighted by molar-refractivity contribution is 6.30. The summed E-state index contributed by atoms with van der Waals surface area (Å²) in [6.45, 7) is 4.34. The lowest BCUT2D eigenvalue weighted by atomic mass is 10.1. The maximum Gasteiger partial charge on any atom is 0.317 e. The molecule has 1 aromatic heterocycles. The fraction of sp³-hybridized carbons (Fsp3) is 0.318. The summed E-state index contributed by atoms with van der Waals surface area (Å²) < 4.78 is 2.61. The van der Waals surface area contributed by atoms with Crippen molar-refractivity contribution in [3.63, 3.8) is 0 Å². The normalized spacial score (nSPS) is 14.4. The van der Waals surface area contributed by atoms with Crippen molar-refractivity contribution in [2.45, 2.75) is 13.5 Å². The van der Waals surface area contributed by atoms with Crippen LogP contribution in [0.4, 0.5) is 5.69 Å². The highest BCUT2D eigenvalue weighted by Crippen LogP contribution is 2.25. The van der Waals surface area contributed by atoms with Crippen molar-refractivity contribution >= 4 is 34.2 Å². The molecule has 1 aliphatic rings. The monoisotopic (exact) mass is 426 g/mol. The minimum absolute atomic E-state index is 0.147. The van der Waals surface area contributed by atoms with E-state index in [1.54, 1.807) is 36.2 Å². The van der Waals surface area contributed by atoms with Crippen molar-refractivity contribution in [2.24, 2.45) is 7.05 Å². The summed E-state index contributed by atoms with van der Waals surface area (Å²) in [7, 11) is 1.56. The summed E-state index contributed by atoms with van der Waals surface area (Å²) in [6, 6.07) is 12.9. The van der Waals surface area contributed by atoms with Gasteiger partial charge in [0, 0.05) is 43.9 Å². The van der Waals surface area contributed by atoms with Crippen LogP contribution in [0.3, 0.4) is 0 Å². The first-order valence-corrected chi connectivity index (χ1v) is 10.2. The van der Waals surface area contributed by atoms with Gasteiger partial charge in [-0.3, -0.25) is 19.0 Å². The number of anilines is 1. The van der Waals surface area contributed by atoms with Crippen LogP contribution in [0.1, 0.15) is 5.56 Å². The van der Waals surface area contributed by atoms with Gasteiger partial charge in [-0.2, -0.15) is 0 Å². The third-order valence-electron chi connectivity index (χ3n) is 5.70. The number of amides is 1. The van der Waals surface area contributed by atoms with Gasteiger partial charge in [0.2, 0.25) is 5.91 Å². The highest BCUT2D eigenvalue weighted by Gasteiger charge is 2.23. The average Bonchev–Trinajstić information content (AvgIpc) is 2.77. The third kappa shape index (κ3) is 3.61.